The van der Waals surface area contributed by atoms with Crippen LogP contribution in [0.2, 0.25) is 5.02 Å². The molecule has 0 saturated carbocycles. The molecular weight excluding hydrogens is 224 g/mol. The summed E-state index contributed by atoms with van der Waals surface area (Å²) in [5.74, 6) is 1.36. The van der Waals surface area contributed by atoms with Crippen molar-refractivity contribution < 1.29 is 4.74 Å². The topological polar surface area (TPSA) is 48.1 Å². The van der Waals surface area contributed by atoms with Gasteiger partial charge in [0, 0.05) is 18.0 Å². The predicted molar refractivity (Wildman–Crippen MR) is 64.9 cm³/mol. The van der Waals surface area contributed by atoms with E-state index < -0.39 is 0 Å². The lowest BCUT2D eigenvalue weighted by molar-refractivity contribution is 0.477. The molecule has 16 heavy (non-hydrogen) atoms. The summed E-state index contributed by atoms with van der Waals surface area (Å²) < 4.78 is 5.64. The number of aryl methyl sites for hydroxylation is 1. The number of hydrogen-bond acceptors (Lipinski definition) is 3. The van der Waals surface area contributed by atoms with Crippen LogP contribution in [0.3, 0.4) is 0 Å². The first kappa shape index (κ1) is 10.8. The van der Waals surface area contributed by atoms with E-state index in [1.807, 2.05) is 19.1 Å². The highest BCUT2D eigenvalue weighted by Gasteiger charge is 2.02. The van der Waals surface area contributed by atoms with Crippen LogP contribution in [0, 0.1) is 6.92 Å². The highest BCUT2D eigenvalue weighted by atomic mass is 35.5. The molecule has 0 unspecified atom stereocenters. The summed E-state index contributed by atoms with van der Waals surface area (Å²) in [5.41, 5.74) is 7.34. The summed E-state index contributed by atoms with van der Waals surface area (Å²) in [6, 6.07) is 7.18. The highest BCUT2D eigenvalue weighted by Crippen LogP contribution is 2.27. The van der Waals surface area contributed by atoms with Crippen molar-refractivity contribution in [3.63, 3.8) is 0 Å². The number of hydrogen-bond donors (Lipinski definition) is 1. The number of benzene rings is 1. The summed E-state index contributed by atoms with van der Waals surface area (Å²) in [4.78, 5) is 3.95. The van der Waals surface area contributed by atoms with Crippen LogP contribution in [-0.4, -0.2) is 4.98 Å². The second kappa shape index (κ2) is 4.41. The lowest BCUT2D eigenvalue weighted by atomic mass is 10.2. The van der Waals surface area contributed by atoms with Gasteiger partial charge < -0.3 is 10.5 Å². The van der Waals surface area contributed by atoms with Crippen molar-refractivity contribution in [1.82, 2.24) is 4.98 Å². The SMILES string of the molecule is Cc1cc(N)ccc1Oc1cncc(Cl)c1. The average molecular weight is 235 g/mol. The van der Waals surface area contributed by atoms with Gasteiger partial charge in [0.1, 0.15) is 11.5 Å². The summed E-state index contributed by atoms with van der Waals surface area (Å²) in [6.07, 6.45) is 3.17. The second-order valence-corrected chi connectivity index (χ2v) is 3.90. The van der Waals surface area contributed by atoms with Gasteiger partial charge in [0.15, 0.2) is 0 Å². The molecule has 0 atom stereocenters. The Bertz CT molecular complexity index is 514. The number of nitrogens with two attached hydrogens (primary N) is 1. The fourth-order valence-electron chi connectivity index (χ4n) is 1.36. The van der Waals surface area contributed by atoms with Crippen LogP contribution in [0.5, 0.6) is 11.5 Å². The first-order chi connectivity index (χ1) is 7.65. The van der Waals surface area contributed by atoms with Crippen molar-refractivity contribution in [1.29, 1.82) is 0 Å². The molecule has 0 aliphatic rings. The Morgan fingerprint density at radius 3 is 2.75 bits per heavy atom. The van der Waals surface area contributed by atoms with Crippen LogP contribution in [0.1, 0.15) is 5.56 Å². The number of ether oxygens (including phenoxy) is 1. The summed E-state index contributed by atoms with van der Waals surface area (Å²) >= 11 is 5.81. The molecule has 0 radical (unpaired) electrons. The van der Waals surface area contributed by atoms with E-state index in [0.29, 0.717) is 16.5 Å². The molecule has 0 spiro atoms. The van der Waals surface area contributed by atoms with E-state index in [1.54, 1.807) is 24.5 Å². The average Bonchev–Trinajstić information content (AvgIpc) is 2.22. The minimum Gasteiger partial charge on any atom is -0.455 e. The van der Waals surface area contributed by atoms with Crippen molar-refractivity contribution in [2.75, 3.05) is 5.73 Å². The molecule has 0 saturated heterocycles. The van der Waals surface area contributed by atoms with Crippen LogP contribution in [0.25, 0.3) is 0 Å². The molecular formula is C12H11ClN2O. The maximum Gasteiger partial charge on any atom is 0.147 e. The molecule has 1 aromatic carbocycles. The van der Waals surface area contributed by atoms with E-state index in [-0.39, 0.29) is 0 Å². The van der Waals surface area contributed by atoms with Gasteiger partial charge in [-0.3, -0.25) is 4.98 Å². The van der Waals surface area contributed by atoms with Crippen molar-refractivity contribution in [2.45, 2.75) is 6.92 Å². The van der Waals surface area contributed by atoms with Gasteiger partial charge in [-0.1, -0.05) is 11.6 Å². The zero-order valence-electron chi connectivity index (χ0n) is 8.77. The number of anilines is 1. The molecule has 0 bridgehead atoms. The molecule has 0 aliphatic heterocycles. The lowest BCUT2D eigenvalue weighted by Crippen LogP contribution is -1.91. The van der Waals surface area contributed by atoms with Gasteiger partial charge in [0.05, 0.1) is 11.2 Å². The quantitative estimate of drug-likeness (QED) is 0.810. The molecule has 0 fully saturated rings. The monoisotopic (exact) mass is 234 g/mol. The van der Waals surface area contributed by atoms with Crippen LogP contribution in [-0.2, 0) is 0 Å². The minimum atomic E-state index is 0.547. The number of halogens is 1. The van der Waals surface area contributed by atoms with Crippen LogP contribution >= 0.6 is 11.6 Å². The predicted octanol–water partition coefficient (Wildman–Crippen LogP) is 3.42. The van der Waals surface area contributed by atoms with E-state index in [9.17, 15) is 0 Å². The minimum absolute atomic E-state index is 0.547. The third kappa shape index (κ3) is 2.44. The van der Waals surface area contributed by atoms with Crippen molar-refractivity contribution in [3.05, 3.63) is 47.2 Å². The molecule has 0 aliphatic carbocycles. The maximum absolute atomic E-state index is 5.81. The molecule has 0 amide bonds. The number of nitrogen functional groups attached to an aromatic ring is 1. The van der Waals surface area contributed by atoms with Gasteiger partial charge >= 0.3 is 0 Å². The third-order valence-corrected chi connectivity index (χ3v) is 2.31. The second-order valence-electron chi connectivity index (χ2n) is 3.47. The van der Waals surface area contributed by atoms with Gasteiger partial charge in [0.2, 0.25) is 0 Å². The Labute approximate surface area is 98.8 Å². The summed E-state index contributed by atoms with van der Waals surface area (Å²) in [7, 11) is 0. The van der Waals surface area contributed by atoms with Crippen molar-refractivity contribution in [3.8, 4) is 11.5 Å². The molecule has 4 heteroatoms. The Balaban J connectivity index is 2.27. The van der Waals surface area contributed by atoms with Gasteiger partial charge in [-0.15, -0.1) is 0 Å². The molecule has 1 aromatic heterocycles. The molecule has 82 valence electrons. The number of aromatic nitrogens is 1. The Morgan fingerprint density at radius 2 is 2.06 bits per heavy atom. The van der Waals surface area contributed by atoms with E-state index >= 15 is 0 Å². The standard InChI is InChI=1S/C12H11ClN2O/c1-8-4-10(14)2-3-12(8)16-11-5-9(13)6-15-7-11/h2-7H,14H2,1H3. The first-order valence-corrected chi connectivity index (χ1v) is 5.17. The van der Waals surface area contributed by atoms with Gasteiger partial charge in [0.25, 0.3) is 0 Å². The Kier molecular flexibility index (Phi) is 2.97. The van der Waals surface area contributed by atoms with E-state index in [1.165, 1.54) is 0 Å². The van der Waals surface area contributed by atoms with E-state index in [2.05, 4.69) is 4.98 Å². The van der Waals surface area contributed by atoms with E-state index in [0.717, 1.165) is 11.3 Å². The van der Waals surface area contributed by atoms with Crippen LogP contribution in [0.4, 0.5) is 5.69 Å². The fraction of sp³-hybridized carbons (Fsp3) is 0.0833. The van der Waals surface area contributed by atoms with Crippen molar-refractivity contribution in [2.24, 2.45) is 0 Å². The maximum atomic E-state index is 5.81. The first-order valence-electron chi connectivity index (χ1n) is 4.80. The normalized spacial score (nSPS) is 10.1. The van der Waals surface area contributed by atoms with Gasteiger partial charge in [-0.05, 0) is 30.7 Å². The molecule has 3 nitrogen and oxygen atoms in total. The Morgan fingerprint density at radius 1 is 1.25 bits per heavy atom. The zero-order chi connectivity index (χ0) is 11.5. The molecule has 2 rings (SSSR count). The third-order valence-electron chi connectivity index (χ3n) is 2.11. The molecule has 2 N–H and O–H groups in total. The largest absolute Gasteiger partial charge is 0.455 e. The smallest absolute Gasteiger partial charge is 0.147 e. The highest BCUT2D eigenvalue weighted by molar-refractivity contribution is 6.30. The van der Waals surface area contributed by atoms with Crippen molar-refractivity contribution >= 4 is 17.3 Å². The Hall–Kier alpha value is -1.74. The van der Waals surface area contributed by atoms with Crippen LogP contribution in [0.15, 0.2) is 36.7 Å². The summed E-state index contributed by atoms with van der Waals surface area (Å²) in [5, 5.41) is 0.547. The summed E-state index contributed by atoms with van der Waals surface area (Å²) in [6.45, 7) is 1.93. The van der Waals surface area contributed by atoms with Gasteiger partial charge in [-0.2, -0.15) is 0 Å². The van der Waals surface area contributed by atoms with Gasteiger partial charge in [-0.25, -0.2) is 0 Å². The lowest BCUT2D eigenvalue weighted by Gasteiger charge is -2.08. The van der Waals surface area contributed by atoms with Crippen LogP contribution < -0.4 is 10.5 Å². The van der Waals surface area contributed by atoms with E-state index in [4.69, 9.17) is 22.1 Å². The fourth-order valence-corrected chi connectivity index (χ4v) is 1.53. The number of pyridine rings is 1. The zero-order valence-corrected chi connectivity index (χ0v) is 9.53. The molecule has 1 heterocycles. The molecule has 2 aromatic rings. The number of rotatable bonds is 2. The number of nitrogens with zero attached hydrogens (tertiary/aromatic N) is 1.